The summed E-state index contributed by atoms with van der Waals surface area (Å²) in [5.74, 6) is 0.0963. The Morgan fingerprint density at radius 2 is 1.33 bits per heavy atom. The standard InChI is InChI=1S/C33H38B2FNO5S.C2H6/c1-10-22-12-14-27(43-22)29-37-24-13-11-20(34-39-30(2,3)31(4,5)40-34)15-19(24)16-25(37)28-23(36)17-21(18-26(28)38-29)35-41-32(6,7)33(8,9)42-35;1-2/h11-18,29H,10H2,1-9H3;1-2H3. The van der Waals surface area contributed by atoms with Crippen LogP contribution in [0.15, 0.2) is 48.5 Å². The molecule has 0 spiro atoms. The lowest BCUT2D eigenvalue weighted by Gasteiger charge is -2.32. The van der Waals surface area contributed by atoms with Gasteiger partial charge in [-0.25, -0.2) is 4.39 Å². The van der Waals surface area contributed by atoms with Crippen LogP contribution in [0.1, 0.15) is 92.1 Å². The average Bonchev–Trinajstić information content (AvgIpc) is 3.70. The van der Waals surface area contributed by atoms with E-state index in [-0.39, 0.29) is 5.82 Å². The SMILES string of the molecule is CC.CCc1ccc(C2Oc3cc(B4OC(C)(C)C(C)(C)O4)cc(F)c3-c3cc4cc(B5OC(C)(C)C(C)(C)O5)ccc4n32)s1. The first-order chi connectivity index (χ1) is 21.1. The molecule has 0 amide bonds. The molecule has 7 rings (SSSR count). The number of halogens is 1. The van der Waals surface area contributed by atoms with Crippen LogP contribution in [0.2, 0.25) is 0 Å². The summed E-state index contributed by atoms with van der Waals surface area (Å²) in [4.78, 5) is 2.32. The van der Waals surface area contributed by atoms with Crippen LogP contribution in [0.4, 0.5) is 4.39 Å². The lowest BCUT2D eigenvalue weighted by Crippen LogP contribution is -2.41. The summed E-state index contributed by atoms with van der Waals surface area (Å²) in [5.41, 5.74) is 1.69. The lowest BCUT2D eigenvalue weighted by molar-refractivity contribution is 0.00578. The molecule has 0 saturated carbocycles. The van der Waals surface area contributed by atoms with E-state index >= 15 is 4.39 Å². The third-order valence-electron chi connectivity index (χ3n) is 9.99. The van der Waals surface area contributed by atoms with Crippen molar-refractivity contribution in [2.45, 2.75) is 111 Å². The Morgan fingerprint density at radius 3 is 1.89 bits per heavy atom. The van der Waals surface area contributed by atoms with Crippen molar-refractivity contribution in [1.82, 2.24) is 4.57 Å². The Bertz CT molecular complexity index is 1730. The van der Waals surface area contributed by atoms with Gasteiger partial charge in [0.15, 0.2) is 0 Å². The number of hydrogen-bond acceptors (Lipinski definition) is 6. The second kappa shape index (κ2) is 11.0. The maximum Gasteiger partial charge on any atom is 0.495 e. The molecule has 10 heteroatoms. The van der Waals surface area contributed by atoms with Crippen LogP contribution in [0.5, 0.6) is 5.75 Å². The predicted octanol–water partition coefficient (Wildman–Crippen LogP) is 7.64. The van der Waals surface area contributed by atoms with Crippen LogP contribution >= 0.6 is 11.3 Å². The van der Waals surface area contributed by atoms with Crippen LogP contribution in [0.25, 0.3) is 22.2 Å². The van der Waals surface area contributed by atoms with Crippen molar-refractivity contribution in [3.05, 3.63) is 64.1 Å². The molecular weight excluding hydrogens is 587 g/mol. The highest BCUT2D eigenvalue weighted by Gasteiger charge is 2.53. The van der Waals surface area contributed by atoms with Crippen molar-refractivity contribution in [1.29, 1.82) is 0 Å². The quantitative estimate of drug-likeness (QED) is 0.217. The third kappa shape index (κ3) is 5.17. The Labute approximate surface area is 271 Å². The van der Waals surface area contributed by atoms with E-state index in [0.717, 1.165) is 33.4 Å². The number of rotatable bonds is 4. The number of aryl methyl sites for hydroxylation is 1. The number of benzene rings is 2. The number of aromatic nitrogens is 1. The molecular formula is C35H44B2FNO5S. The zero-order chi connectivity index (χ0) is 32.7. The van der Waals surface area contributed by atoms with Crippen molar-refractivity contribution < 1.29 is 27.7 Å². The molecule has 0 aliphatic carbocycles. The zero-order valence-electron chi connectivity index (χ0n) is 28.3. The average molecular weight is 631 g/mol. The molecule has 238 valence electrons. The molecule has 2 saturated heterocycles. The van der Waals surface area contributed by atoms with Crippen molar-refractivity contribution >= 4 is 47.4 Å². The van der Waals surface area contributed by atoms with Gasteiger partial charge in [-0.15, -0.1) is 11.3 Å². The summed E-state index contributed by atoms with van der Waals surface area (Å²) >= 11 is 1.72. The number of hydrogen-bond donors (Lipinski definition) is 0. The van der Waals surface area contributed by atoms with E-state index in [0.29, 0.717) is 16.8 Å². The number of fused-ring (bicyclic) bond motifs is 5. The van der Waals surface area contributed by atoms with E-state index in [9.17, 15) is 0 Å². The molecule has 2 aromatic heterocycles. The smallest absolute Gasteiger partial charge is 0.464 e. The molecule has 3 aliphatic heterocycles. The summed E-state index contributed by atoms with van der Waals surface area (Å²) in [7, 11) is -1.19. The van der Waals surface area contributed by atoms with Crippen LogP contribution in [-0.4, -0.2) is 41.2 Å². The first kappa shape index (κ1) is 32.3. The van der Waals surface area contributed by atoms with Gasteiger partial charge in [0.2, 0.25) is 6.23 Å². The topological polar surface area (TPSA) is 51.1 Å². The van der Waals surface area contributed by atoms with Crippen molar-refractivity contribution in [3.63, 3.8) is 0 Å². The normalized spacial score (nSPS) is 22.1. The van der Waals surface area contributed by atoms with Gasteiger partial charge in [0, 0.05) is 10.3 Å². The highest BCUT2D eigenvalue weighted by Crippen LogP contribution is 2.47. The zero-order valence-corrected chi connectivity index (χ0v) is 29.1. The monoisotopic (exact) mass is 631 g/mol. The Hall–Kier alpha value is -2.62. The van der Waals surface area contributed by atoms with Crippen molar-refractivity contribution in [2.75, 3.05) is 0 Å². The fourth-order valence-electron chi connectivity index (χ4n) is 5.96. The molecule has 5 heterocycles. The van der Waals surface area contributed by atoms with Crippen LogP contribution < -0.4 is 15.7 Å². The van der Waals surface area contributed by atoms with E-state index in [1.165, 1.54) is 10.9 Å². The first-order valence-corrected chi connectivity index (χ1v) is 16.9. The summed E-state index contributed by atoms with van der Waals surface area (Å²) in [6.07, 6.45) is 0.478. The molecule has 6 nitrogen and oxygen atoms in total. The predicted molar refractivity (Wildman–Crippen MR) is 183 cm³/mol. The number of ether oxygens (including phenoxy) is 1. The van der Waals surface area contributed by atoms with Crippen molar-refractivity contribution in [2.24, 2.45) is 0 Å². The molecule has 0 radical (unpaired) electrons. The Kier molecular flexibility index (Phi) is 7.89. The van der Waals surface area contributed by atoms with Crippen LogP contribution in [-0.2, 0) is 25.0 Å². The second-order valence-electron chi connectivity index (χ2n) is 13.9. The number of nitrogens with zero attached hydrogens (tertiary/aromatic N) is 1. The van der Waals surface area contributed by atoms with E-state index in [1.54, 1.807) is 11.3 Å². The van der Waals surface area contributed by atoms with E-state index in [4.69, 9.17) is 23.4 Å². The van der Waals surface area contributed by atoms with E-state index < -0.39 is 42.9 Å². The van der Waals surface area contributed by atoms with Gasteiger partial charge in [-0.2, -0.15) is 0 Å². The van der Waals surface area contributed by atoms with Gasteiger partial charge in [-0.3, -0.25) is 4.57 Å². The van der Waals surface area contributed by atoms with Gasteiger partial charge in [0.05, 0.1) is 44.1 Å². The summed E-state index contributed by atoms with van der Waals surface area (Å²) in [6.45, 7) is 22.3. The van der Waals surface area contributed by atoms with Crippen LogP contribution in [0.3, 0.4) is 0 Å². The van der Waals surface area contributed by atoms with Gasteiger partial charge < -0.3 is 23.4 Å². The molecule has 1 atom stereocenters. The number of thiophene rings is 1. The highest BCUT2D eigenvalue weighted by molar-refractivity contribution is 7.12. The van der Waals surface area contributed by atoms with Gasteiger partial charge in [-0.05, 0) is 109 Å². The maximum atomic E-state index is 16.2. The lowest BCUT2D eigenvalue weighted by atomic mass is 9.78. The Balaban J connectivity index is 0.00000175. The molecule has 2 fully saturated rings. The van der Waals surface area contributed by atoms with Crippen molar-refractivity contribution in [3.8, 4) is 17.0 Å². The van der Waals surface area contributed by atoms with E-state index in [1.807, 2.05) is 87.4 Å². The Morgan fingerprint density at radius 1 is 0.756 bits per heavy atom. The minimum absolute atomic E-state index is 0.378. The fourth-order valence-corrected chi connectivity index (χ4v) is 6.93. The molecule has 1 unspecified atom stereocenters. The minimum Gasteiger partial charge on any atom is -0.464 e. The van der Waals surface area contributed by atoms with E-state index in [2.05, 4.69) is 35.8 Å². The van der Waals surface area contributed by atoms with Gasteiger partial charge in [0.25, 0.3) is 0 Å². The third-order valence-corrected chi connectivity index (χ3v) is 11.3. The van der Waals surface area contributed by atoms with Gasteiger partial charge in [-0.1, -0.05) is 32.9 Å². The second-order valence-corrected chi connectivity index (χ2v) is 15.1. The molecule has 0 N–H and O–H groups in total. The molecule has 0 bridgehead atoms. The summed E-state index contributed by atoms with van der Waals surface area (Å²) < 4.78 is 50.2. The molecule has 2 aromatic carbocycles. The fraction of sp³-hybridized carbons (Fsp3) is 0.486. The molecule has 3 aliphatic rings. The first-order valence-electron chi connectivity index (χ1n) is 16.1. The van der Waals surface area contributed by atoms with Gasteiger partial charge in [0.1, 0.15) is 11.6 Å². The van der Waals surface area contributed by atoms with Crippen LogP contribution in [0, 0.1) is 5.82 Å². The molecule has 4 aromatic rings. The molecule has 45 heavy (non-hydrogen) atoms. The summed E-state index contributed by atoms with van der Waals surface area (Å²) in [5, 5.41) is 0.963. The largest absolute Gasteiger partial charge is 0.495 e. The highest BCUT2D eigenvalue weighted by atomic mass is 32.1. The van der Waals surface area contributed by atoms with Gasteiger partial charge >= 0.3 is 14.2 Å². The summed E-state index contributed by atoms with van der Waals surface area (Å²) in [6, 6.07) is 15.9. The minimum atomic E-state index is -0.699. The maximum absolute atomic E-state index is 16.2.